The molecule has 3 aromatic rings. The van der Waals surface area contributed by atoms with Gasteiger partial charge in [-0.3, -0.25) is 0 Å². The van der Waals surface area contributed by atoms with Gasteiger partial charge < -0.3 is 29.7 Å². The summed E-state index contributed by atoms with van der Waals surface area (Å²) in [6, 6.07) is 21.5. The van der Waals surface area contributed by atoms with Crippen molar-refractivity contribution < 1.29 is 29.2 Å². The van der Waals surface area contributed by atoms with E-state index in [1.54, 1.807) is 24.3 Å². The minimum absolute atomic E-state index is 0.000698. The summed E-state index contributed by atoms with van der Waals surface area (Å²) < 4.78 is 17.5. The lowest BCUT2D eigenvalue weighted by atomic mass is 10.0. The van der Waals surface area contributed by atoms with E-state index in [1.165, 1.54) is 6.07 Å². The van der Waals surface area contributed by atoms with Gasteiger partial charge in [-0.1, -0.05) is 30.3 Å². The molecule has 0 radical (unpaired) electrons. The molecule has 0 spiro atoms. The van der Waals surface area contributed by atoms with Crippen molar-refractivity contribution in [2.75, 3.05) is 19.7 Å². The Labute approximate surface area is 192 Å². The Morgan fingerprint density at radius 1 is 1.06 bits per heavy atom. The second-order valence-corrected chi connectivity index (χ2v) is 7.89. The quantitative estimate of drug-likeness (QED) is 0.432. The first-order valence-corrected chi connectivity index (χ1v) is 10.9. The van der Waals surface area contributed by atoms with Crippen LogP contribution in [0.4, 0.5) is 0 Å². The average Bonchev–Trinajstić information content (AvgIpc) is 2.83. The number of carboxylic acid groups (broad SMARTS) is 1. The molecule has 172 valence electrons. The van der Waals surface area contributed by atoms with E-state index in [1.807, 2.05) is 42.5 Å². The second-order valence-electron chi connectivity index (χ2n) is 7.89. The Kier molecular flexibility index (Phi) is 7.44. The van der Waals surface area contributed by atoms with E-state index in [-0.39, 0.29) is 18.3 Å². The first-order valence-electron chi connectivity index (χ1n) is 10.9. The molecule has 2 atom stereocenters. The molecule has 0 bridgehead atoms. The topological polar surface area (TPSA) is 97.3 Å². The molecular weight excluding hydrogens is 422 g/mol. The molecule has 4 rings (SSSR count). The van der Waals surface area contributed by atoms with Crippen LogP contribution in [0, 0.1) is 0 Å². The van der Waals surface area contributed by atoms with Crippen LogP contribution in [0.3, 0.4) is 0 Å². The number of para-hydroxylation sites is 2. The van der Waals surface area contributed by atoms with Crippen molar-refractivity contribution in [1.29, 1.82) is 0 Å². The number of carboxylic acids is 1. The van der Waals surface area contributed by atoms with E-state index < -0.39 is 12.1 Å². The van der Waals surface area contributed by atoms with Gasteiger partial charge in [-0.2, -0.15) is 0 Å². The van der Waals surface area contributed by atoms with Crippen molar-refractivity contribution in [1.82, 2.24) is 5.32 Å². The molecule has 1 aliphatic rings. The number of aliphatic hydroxyl groups is 1. The van der Waals surface area contributed by atoms with E-state index in [4.69, 9.17) is 14.2 Å². The van der Waals surface area contributed by atoms with Gasteiger partial charge in [0.25, 0.3) is 0 Å². The molecule has 0 amide bonds. The van der Waals surface area contributed by atoms with Crippen LogP contribution in [-0.4, -0.2) is 48.1 Å². The summed E-state index contributed by atoms with van der Waals surface area (Å²) in [5, 5.41) is 22.7. The first kappa shape index (κ1) is 22.6. The third kappa shape index (κ3) is 6.25. The predicted molar refractivity (Wildman–Crippen MR) is 123 cm³/mol. The van der Waals surface area contributed by atoms with Gasteiger partial charge in [-0.15, -0.1) is 0 Å². The lowest BCUT2D eigenvalue weighted by Gasteiger charge is -2.27. The van der Waals surface area contributed by atoms with Gasteiger partial charge in [0, 0.05) is 13.1 Å². The van der Waals surface area contributed by atoms with Gasteiger partial charge in [-0.25, -0.2) is 4.79 Å². The molecule has 3 N–H and O–H groups in total. The Balaban J connectivity index is 1.25. The van der Waals surface area contributed by atoms with Crippen LogP contribution in [0.1, 0.15) is 22.3 Å². The molecule has 1 aliphatic heterocycles. The van der Waals surface area contributed by atoms with E-state index in [0.29, 0.717) is 24.6 Å². The minimum Gasteiger partial charge on any atom is -0.491 e. The number of aliphatic hydroxyl groups excluding tert-OH is 1. The number of carbonyl (C=O) groups is 1. The number of rotatable bonds is 10. The van der Waals surface area contributed by atoms with Crippen molar-refractivity contribution in [2.45, 2.75) is 25.0 Å². The van der Waals surface area contributed by atoms with E-state index >= 15 is 0 Å². The van der Waals surface area contributed by atoms with Crippen molar-refractivity contribution in [3.63, 3.8) is 0 Å². The van der Waals surface area contributed by atoms with Gasteiger partial charge >= 0.3 is 5.97 Å². The Hall–Kier alpha value is -3.55. The maximum atomic E-state index is 11.4. The third-order valence-corrected chi connectivity index (χ3v) is 5.34. The molecule has 0 aromatic heterocycles. The van der Waals surface area contributed by atoms with Crippen molar-refractivity contribution in [2.24, 2.45) is 0 Å². The molecule has 0 unspecified atom stereocenters. The number of hydrogen-bond donors (Lipinski definition) is 3. The highest BCUT2D eigenvalue weighted by Crippen LogP contribution is 2.33. The van der Waals surface area contributed by atoms with Crippen molar-refractivity contribution >= 4 is 5.97 Å². The zero-order valence-electron chi connectivity index (χ0n) is 18.1. The van der Waals surface area contributed by atoms with E-state index in [0.717, 1.165) is 29.9 Å². The standard InChI is InChI=1S/C26H27NO6/c28-19(17-31-20-6-2-1-3-7-20)15-27-16-22-11-10-18-14-21(12-13-24(18)33-22)32-25-9-5-4-8-23(25)26(29)30/h1-9,12-14,19,22,27-28H,10-11,15-17H2,(H,29,30)/t19-,22+/m0/s1. The number of aryl methyl sites for hydroxylation is 1. The molecular formula is C26H27NO6. The van der Waals surface area contributed by atoms with E-state index in [2.05, 4.69) is 5.32 Å². The zero-order chi connectivity index (χ0) is 23.0. The van der Waals surface area contributed by atoms with Crippen LogP contribution >= 0.6 is 0 Å². The summed E-state index contributed by atoms with van der Waals surface area (Å²) in [5.74, 6) is 1.38. The van der Waals surface area contributed by atoms with Gasteiger partial charge in [0.15, 0.2) is 0 Å². The molecule has 0 aliphatic carbocycles. The fourth-order valence-electron chi connectivity index (χ4n) is 3.67. The molecule has 7 heteroatoms. The first-order chi connectivity index (χ1) is 16.1. The largest absolute Gasteiger partial charge is 0.491 e. The van der Waals surface area contributed by atoms with Crippen LogP contribution in [0.5, 0.6) is 23.0 Å². The van der Waals surface area contributed by atoms with Gasteiger partial charge in [0.2, 0.25) is 0 Å². The molecule has 3 aromatic carbocycles. The molecule has 7 nitrogen and oxygen atoms in total. The maximum Gasteiger partial charge on any atom is 0.339 e. The van der Waals surface area contributed by atoms with Crippen molar-refractivity contribution in [3.8, 4) is 23.0 Å². The Bertz CT molecular complexity index is 1070. The Morgan fingerprint density at radius 2 is 1.85 bits per heavy atom. The smallest absolute Gasteiger partial charge is 0.339 e. The minimum atomic E-state index is -1.03. The summed E-state index contributed by atoms with van der Waals surface area (Å²) in [7, 11) is 0. The number of nitrogens with one attached hydrogen (secondary N) is 1. The van der Waals surface area contributed by atoms with Crippen molar-refractivity contribution in [3.05, 3.63) is 83.9 Å². The van der Waals surface area contributed by atoms with Gasteiger partial charge in [0.1, 0.15) is 47.4 Å². The number of fused-ring (bicyclic) bond motifs is 1. The maximum absolute atomic E-state index is 11.4. The monoisotopic (exact) mass is 449 g/mol. The molecule has 0 saturated heterocycles. The molecule has 1 heterocycles. The zero-order valence-corrected chi connectivity index (χ0v) is 18.1. The lowest BCUT2D eigenvalue weighted by molar-refractivity contribution is 0.0694. The van der Waals surface area contributed by atoms with Crippen LogP contribution in [0.2, 0.25) is 0 Å². The average molecular weight is 450 g/mol. The number of ether oxygens (including phenoxy) is 3. The van der Waals surface area contributed by atoms with Crippen LogP contribution in [0.25, 0.3) is 0 Å². The van der Waals surface area contributed by atoms with Crippen LogP contribution < -0.4 is 19.5 Å². The highest BCUT2D eigenvalue weighted by Gasteiger charge is 2.21. The lowest BCUT2D eigenvalue weighted by Crippen LogP contribution is -2.39. The van der Waals surface area contributed by atoms with E-state index in [9.17, 15) is 15.0 Å². The fourth-order valence-corrected chi connectivity index (χ4v) is 3.67. The summed E-state index contributed by atoms with van der Waals surface area (Å²) in [6.07, 6.45) is 1.03. The summed E-state index contributed by atoms with van der Waals surface area (Å²) in [5.41, 5.74) is 1.14. The molecule has 0 fully saturated rings. The van der Waals surface area contributed by atoms with Gasteiger partial charge in [-0.05, 0) is 60.9 Å². The molecule has 0 saturated carbocycles. The van der Waals surface area contributed by atoms with Gasteiger partial charge in [0.05, 0.1) is 0 Å². The Morgan fingerprint density at radius 3 is 2.67 bits per heavy atom. The third-order valence-electron chi connectivity index (χ3n) is 5.34. The predicted octanol–water partition coefficient (Wildman–Crippen LogP) is 3.90. The summed E-state index contributed by atoms with van der Waals surface area (Å²) >= 11 is 0. The highest BCUT2D eigenvalue weighted by molar-refractivity contribution is 5.90. The number of benzene rings is 3. The summed E-state index contributed by atoms with van der Waals surface area (Å²) in [4.78, 5) is 11.4. The molecule has 33 heavy (non-hydrogen) atoms. The fraction of sp³-hybridized carbons (Fsp3) is 0.269. The SMILES string of the molecule is O=C(O)c1ccccc1Oc1ccc2c(c1)CC[C@H](CNC[C@H](O)COc1ccccc1)O2. The normalized spacial score (nSPS) is 15.7. The van der Waals surface area contributed by atoms with Crippen LogP contribution in [0.15, 0.2) is 72.8 Å². The highest BCUT2D eigenvalue weighted by atomic mass is 16.5. The van der Waals surface area contributed by atoms with Crippen LogP contribution in [-0.2, 0) is 6.42 Å². The second kappa shape index (κ2) is 10.8. The summed E-state index contributed by atoms with van der Waals surface area (Å²) in [6.45, 7) is 1.25. The number of hydrogen-bond acceptors (Lipinski definition) is 6. The number of aromatic carboxylic acids is 1.